The van der Waals surface area contributed by atoms with Crippen molar-refractivity contribution >= 4 is 32.9 Å². The highest BCUT2D eigenvalue weighted by Crippen LogP contribution is 2.31. The van der Waals surface area contributed by atoms with Gasteiger partial charge in [-0.25, -0.2) is 0 Å². The largest absolute Gasteiger partial charge is 0.491 e. The number of amides is 1. The molecule has 2 aliphatic heterocycles. The van der Waals surface area contributed by atoms with Crippen molar-refractivity contribution in [3.8, 4) is 5.75 Å². The number of carbonyl (C=O) groups excluding carboxylic acids is 1. The summed E-state index contributed by atoms with van der Waals surface area (Å²) in [5.41, 5.74) is 1.36. The lowest BCUT2D eigenvalue weighted by atomic mass is 9.90. The monoisotopic (exact) mass is 482 g/mol. The van der Waals surface area contributed by atoms with Gasteiger partial charge in [0.15, 0.2) is 0 Å². The van der Waals surface area contributed by atoms with E-state index < -0.39 is 0 Å². The SMILES string of the molecule is CCCN1CC(CCN2CCC(Cc3cc(OC(C)C)ccc3Br)CC2)SC1=O. The van der Waals surface area contributed by atoms with Crippen LogP contribution in [0.4, 0.5) is 4.79 Å². The lowest BCUT2D eigenvalue weighted by Crippen LogP contribution is -2.36. The van der Waals surface area contributed by atoms with Crippen LogP contribution in [0.1, 0.15) is 52.0 Å². The van der Waals surface area contributed by atoms with Gasteiger partial charge in [-0.1, -0.05) is 34.6 Å². The molecule has 0 aromatic heterocycles. The molecule has 4 nitrogen and oxygen atoms in total. The van der Waals surface area contributed by atoms with Gasteiger partial charge < -0.3 is 14.5 Å². The molecule has 0 radical (unpaired) electrons. The van der Waals surface area contributed by atoms with Crippen LogP contribution in [0.5, 0.6) is 5.75 Å². The average Bonchev–Trinajstić information content (AvgIpc) is 3.03. The molecule has 29 heavy (non-hydrogen) atoms. The summed E-state index contributed by atoms with van der Waals surface area (Å²) in [4.78, 5) is 16.6. The van der Waals surface area contributed by atoms with E-state index in [0.717, 1.165) is 50.6 Å². The standard InChI is InChI=1S/C23H35BrN2O2S/c1-4-10-26-16-21(29-23(26)27)9-13-25-11-7-18(8-12-25)14-19-15-20(28-17(2)3)5-6-22(19)24/h5-6,15,17-18,21H,4,7-14,16H2,1-3H3. The Morgan fingerprint density at radius 3 is 2.69 bits per heavy atom. The Labute approximate surface area is 188 Å². The fourth-order valence-corrected chi connectivity index (χ4v) is 5.77. The Morgan fingerprint density at radius 2 is 2.00 bits per heavy atom. The smallest absolute Gasteiger partial charge is 0.282 e. The minimum absolute atomic E-state index is 0.203. The van der Waals surface area contributed by atoms with Crippen LogP contribution in [-0.2, 0) is 6.42 Å². The van der Waals surface area contributed by atoms with Gasteiger partial charge in [0.25, 0.3) is 5.24 Å². The molecule has 0 spiro atoms. The Kier molecular flexibility index (Phi) is 8.75. The molecular formula is C23H35BrN2O2S. The van der Waals surface area contributed by atoms with Crippen LogP contribution < -0.4 is 4.74 Å². The first kappa shape index (κ1) is 23.0. The van der Waals surface area contributed by atoms with Crippen LogP contribution in [0.15, 0.2) is 22.7 Å². The van der Waals surface area contributed by atoms with E-state index in [1.807, 2.05) is 11.0 Å². The Morgan fingerprint density at radius 1 is 1.24 bits per heavy atom. The van der Waals surface area contributed by atoms with Gasteiger partial charge >= 0.3 is 0 Å². The van der Waals surface area contributed by atoms with Crippen LogP contribution in [0.3, 0.4) is 0 Å². The molecule has 162 valence electrons. The maximum absolute atomic E-state index is 12.0. The van der Waals surface area contributed by atoms with E-state index >= 15 is 0 Å². The molecule has 3 rings (SSSR count). The zero-order valence-electron chi connectivity index (χ0n) is 18.0. The average molecular weight is 484 g/mol. The van der Waals surface area contributed by atoms with Crippen molar-refractivity contribution < 1.29 is 9.53 Å². The van der Waals surface area contributed by atoms with Crippen LogP contribution in [0.2, 0.25) is 0 Å². The van der Waals surface area contributed by atoms with Gasteiger partial charge in [0.05, 0.1) is 6.10 Å². The molecule has 1 amide bonds. The molecule has 0 bridgehead atoms. The van der Waals surface area contributed by atoms with E-state index in [9.17, 15) is 4.79 Å². The highest BCUT2D eigenvalue weighted by molar-refractivity contribution is 9.10. The Hall–Kier alpha value is -0.720. The molecule has 2 heterocycles. The highest BCUT2D eigenvalue weighted by atomic mass is 79.9. The van der Waals surface area contributed by atoms with E-state index in [0.29, 0.717) is 5.25 Å². The first-order valence-electron chi connectivity index (χ1n) is 11.1. The third kappa shape index (κ3) is 6.90. The summed E-state index contributed by atoms with van der Waals surface area (Å²) in [5.74, 6) is 1.70. The molecule has 6 heteroatoms. The minimum Gasteiger partial charge on any atom is -0.491 e. The highest BCUT2D eigenvalue weighted by Gasteiger charge is 2.30. The maximum Gasteiger partial charge on any atom is 0.282 e. The number of thioether (sulfide) groups is 1. The van der Waals surface area contributed by atoms with Crippen molar-refractivity contribution in [2.24, 2.45) is 5.92 Å². The molecule has 2 saturated heterocycles. The topological polar surface area (TPSA) is 32.8 Å². The van der Waals surface area contributed by atoms with Gasteiger partial charge in [0, 0.05) is 22.8 Å². The number of likely N-dealkylation sites (tertiary alicyclic amines) is 1. The first-order chi connectivity index (χ1) is 13.9. The number of piperidine rings is 1. The molecule has 1 unspecified atom stereocenters. The Bertz CT molecular complexity index is 677. The molecule has 1 atom stereocenters. The maximum atomic E-state index is 12.0. The van der Waals surface area contributed by atoms with Gasteiger partial charge in [-0.3, -0.25) is 4.79 Å². The van der Waals surface area contributed by atoms with Crippen molar-refractivity contribution in [3.63, 3.8) is 0 Å². The summed E-state index contributed by atoms with van der Waals surface area (Å²) in [5, 5.41) is 0.760. The summed E-state index contributed by atoms with van der Waals surface area (Å²) in [6.07, 6.45) is 6.00. The van der Waals surface area contributed by atoms with Crippen molar-refractivity contribution in [2.75, 3.05) is 32.7 Å². The lowest BCUT2D eigenvalue weighted by molar-refractivity contribution is 0.180. The normalized spacial score (nSPS) is 21.3. The molecular weight excluding hydrogens is 448 g/mol. The van der Waals surface area contributed by atoms with Crippen LogP contribution in [-0.4, -0.2) is 59.1 Å². The second-order valence-electron chi connectivity index (χ2n) is 8.65. The molecule has 0 aliphatic carbocycles. The van der Waals surface area contributed by atoms with Crippen LogP contribution in [0, 0.1) is 5.92 Å². The number of nitrogens with zero attached hydrogens (tertiary/aromatic N) is 2. The van der Waals surface area contributed by atoms with Gasteiger partial charge in [0.2, 0.25) is 0 Å². The summed E-state index contributed by atoms with van der Waals surface area (Å²) >= 11 is 5.27. The Balaban J connectivity index is 1.41. The van der Waals surface area contributed by atoms with Gasteiger partial charge in [-0.05, 0) is 95.3 Å². The van der Waals surface area contributed by atoms with Gasteiger partial charge in [0.1, 0.15) is 5.75 Å². The van der Waals surface area contributed by atoms with E-state index in [-0.39, 0.29) is 11.3 Å². The fraction of sp³-hybridized carbons (Fsp3) is 0.696. The molecule has 2 aliphatic rings. The van der Waals surface area contributed by atoms with Crippen LogP contribution >= 0.6 is 27.7 Å². The van der Waals surface area contributed by atoms with Crippen molar-refractivity contribution in [1.29, 1.82) is 0 Å². The van der Waals surface area contributed by atoms with E-state index in [1.165, 1.54) is 36.0 Å². The summed E-state index contributed by atoms with van der Waals surface area (Å²) in [6, 6.07) is 6.36. The molecule has 0 N–H and O–H groups in total. The third-order valence-corrected chi connectivity index (χ3v) is 7.77. The van der Waals surface area contributed by atoms with Crippen molar-refractivity contribution in [2.45, 2.75) is 64.2 Å². The minimum atomic E-state index is 0.203. The van der Waals surface area contributed by atoms with E-state index in [2.05, 4.69) is 53.7 Å². The molecule has 1 aromatic carbocycles. The van der Waals surface area contributed by atoms with Crippen LogP contribution in [0.25, 0.3) is 0 Å². The number of benzene rings is 1. The van der Waals surface area contributed by atoms with E-state index in [4.69, 9.17) is 4.74 Å². The van der Waals surface area contributed by atoms with E-state index in [1.54, 1.807) is 11.8 Å². The first-order valence-corrected chi connectivity index (χ1v) is 12.7. The summed E-state index contributed by atoms with van der Waals surface area (Å²) < 4.78 is 7.06. The zero-order valence-corrected chi connectivity index (χ0v) is 20.4. The summed E-state index contributed by atoms with van der Waals surface area (Å²) in [7, 11) is 0. The van der Waals surface area contributed by atoms with Gasteiger partial charge in [-0.2, -0.15) is 0 Å². The molecule has 0 saturated carbocycles. The lowest BCUT2D eigenvalue weighted by Gasteiger charge is -2.32. The number of halogens is 1. The number of rotatable bonds is 9. The predicted octanol–water partition coefficient (Wildman–Crippen LogP) is 5.83. The second-order valence-corrected chi connectivity index (χ2v) is 10.8. The predicted molar refractivity (Wildman–Crippen MR) is 126 cm³/mol. The zero-order chi connectivity index (χ0) is 20.8. The fourth-order valence-electron chi connectivity index (χ4n) is 4.28. The third-order valence-electron chi connectivity index (χ3n) is 5.82. The summed E-state index contributed by atoms with van der Waals surface area (Å²) in [6.45, 7) is 11.6. The molecule has 1 aromatic rings. The van der Waals surface area contributed by atoms with Crippen molar-refractivity contribution in [1.82, 2.24) is 9.80 Å². The van der Waals surface area contributed by atoms with Crippen molar-refractivity contribution in [3.05, 3.63) is 28.2 Å². The van der Waals surface area contributed by atoms with Gasteiger partial charge in [-0.15, -0.1) is 0 Å². The molecule has 2 fully saturated rings. The number of hydrogen-bond acceptors (Lipinski definition) is 4. The number of ether oxygens (including phenoxy) is 1. The quantitative estimate of drug-likeness (QED) is 0.443. The number of carbonyl (C=O) groups is 1. The second kappa shape index (κ2) is 11.1. The number of hydrogen-bond donors (Lipinski definition) is 0.